The van der Waals surface area contributed by atoms with E-state index in [-0.39, 0.29) is 17.0 Å². The van der Waals surface area contributed by atoms with Gasteiger partial charge in [-0.25, -0.2) is 0 Å². The van der Waals surface area contributed by atoms with E-state index >= 15 is 0 Å². The number of nitro benzene ring substituents is 1. The van der Waals surface area contributed by atoms with Crippen LogP contribution in [0.3, 0.4) is 0 Å². The Kier molecular flexibility index (Phi) is 4.60. The van der Waals surface area contributed by atoms with E-state index in [1.807, 2.05) is 30.3 Å². The zero-order chi connectivity index (χ0) is 18.5. The molecule has 6 heteroatoms. The van der Waals surface area contributed by atoms with Gasteiger partial charge >= 0.3 is 0 Å². The van der Waals surface area contributed by atoms with Crippen molar-refractivity contribution in [1.82, 2.24) is 0 Å². The van der Waals surface area contributed by atoms with Crippen LogP contribution in [0.2, 0.25) is 0 Å². The number of benzene rings is 3. The Morgan fingerprint density at radius 1 is 0.846 bits per heavy atom. The highest BCUT2D eigenvalue weighted by atomic mass is 16.6. The van der Waals surface area contributed by atoms with Gasteiger partial charge in [0, 0.05) is 12.1 Å². The Morgan fingerprint density at radius 3 is 2.00 bits per heavy atom. The van der Waals surface area contributed by atoms with Crippen LogP contribution in [0.4, 0.5) is 5.69 Å². The minimum absolute atomic E-state index is 0.0929. The van der Waals surface area contributed by atoms with Gasteiger partial charge < -0.3 is 4.74 Å². The molecular weight excluding hydrogens is 330 g/mol. The van der Waals surface area contributed by atoms with Gasteiger partial charge in [0.15, 0.2) is 0 Å². The molecule has 0 atom stereocenters. The molecule has 0 unspecified atom stereocenters. The molecule has 124 valence electrons. The maximum atomic E-state index is 10.8. The third-order valence-corrected chi connectivity index (χ3v) is 3.72. The molecule has 0 aliphatic rings. The van der Waals surface area contributed by atoms with Gasteiger partial charge in [0.1, 0.15) is 23.1 Å². The van der Waals surface area contributed by atoms with Crippen LogP contribution in [0.25, 0.3) is 11.1 Å². The van der Waals surface area contributed by atoms with Gasteiger partial charge in [-0.15, -0.1) is 0 Å². The molecule has 0 spiro atoms. The van der Waals surface area contributed by atoms with E-state index in [4.69, 9.17) is 15.3 Å². The van der Waals surface area contributed by atoms with E-state index < -0.39 is 4.92 Å². The quantitative estimate of drug-likeness (QED) is 0.501. The Hall–Kier alpha value is -4.16. The molecule has 0 radical (unpaired) electrons. The monoisotopic (exact) mass is 341 g/mol. The molecule has 0 aliphatic carbocycles. The van der Waals surface area contributed by atoms with Crippen molar-refractivity contribution in [3.05, 3.63) is 88.0 Å². The van der Waals surface area contributed by atoms with E-state index in [0.717, 1.165) is 11.1 Å². The van der Waals surface area contributed by atoms with E-state index in [9.17, 15) is 10.1 Å². The van der Waals surface area contributed by atoms with E-state index in [1.165, 1.54) is 18.2 Å². The first-order valence-electron chi connectivity index (χ1n) is 7.57. The van der Waals surface area contributed by atoms with Crippen LogP contribution in [0, 0.1) is 32.8 Å². The van der Waals surface area contributed by atoms with Crippen LogP contribution in [0.5, 0.6) is 11.5 Å². The lowest BCUT2D eigenvalue weighted by Crippen LogP contribution is -1.92. The molecule has 3 aromatic carbocycles. The van der Waals surface area contributed by atoms with Gasteiger partial charge in [-0.3, -0.25) is 10.1 Å². The predicted molar refractivity (Wildman–Crippen MR) is 94.5 cm³/mol. The number of ether oxygens (including phenoxy) is 1. The predicted octanol–water partition coefficient (Wildman–Crippen LogP) is 4.80. The average molecular weight is 341 g/mol. The zero-order valence-electron chi connectivity index (χ0n) is 13.4. The maximum Gasteiger partial charge on any atom is 0.271 e. The lowest BCUT2D eigenvalue weighted by atomic mass is 10.0. The molecule has 0 fully saturated rings. The second-order valence-electron chi connectivity index (χ2n) is 5.36. The van der Waals surface area contributed by atoms with E-state index in [0.29, 0.717) is 11.3 Å². The molecule has 26 heavy (non-hydrogen) atoms. The molecule has 0 saturated heterocycles. The highest BCUT2D eigenvalue weighted by molar-refractivity contribution is 5.65. The van der Waals surface area contributed by atoms with Crippen molar-refractivity contribution in [2.75, 3.05) is 0 Å². The third kappa shape index (κ3) is 3.50. The summed E-state index contributed by atoms with van der Waals surface area (Å²) >= 11 is 0. The lowest BCUT2D eigenvalue weighted by Gasteiger charge is -2.08. The van der Waals surface area contributed by atoms with Gasteiger partial charge in [-0.05, 0) is 41.5 Å². The minimum atomic E-state index is -0.559. The molecule has 0 N–H and O–H groups in total. The van der Waals surface area contributed by atoms with Gasteiger partial charge in [0.25, 0.3) is 5.69 Å². The fraction of sp³-hybridized carbons (Fsp3) is 0. The summed E-state index contributed by atoms with van der Waals surface area (Å²) in [5, 5.41) is 28.8. The third-order valence-electron chi connectivity index (χ3n) is 3.72. The van der Waals surface area contributed by atoms with Gasteiger partial charge in [0.05, 0.1) is 16.6 Å². The highest BCUT2D eigenvalue weighted by Gasteiger charge is 2.12. The smallest absolute Gasteiger partial charge is 0.271 e. The molecule has 0 saturated carbocycles. The second kappa shape index (κ2) is 7.16. The molecule has 0 aliphatic heterocycles. The molecule has 3 aromatic rings. The summed E-state index contributed by atoms with van der Waals surface area (Å²) in [5.74, 6) is 0.761. The maximum absolute atomic E-state index is 10.8. The van der Waals surface area contributed by atoms with Crippen molar-refractivity contribution in [2.24, 2.45) is 0 Å². The molecule has 6 nitrogen and oxygen atoms in total. The second-order valence-corrected chi connectivity index (χ2v) is 5.36. The summed E-state index contributed by atoms with van der Waals surface area (Å²) in [7, 11) is 0. The topological polar surface area (TPSA) is 99.9 Å². The van der Waals surface area contributed by atoms with Crippen LogP contribution in [0.1, 0.15) is 11.1 Å². The number of nitrogens with zero attached hydrogens (tertiary/aromatic N) is 3. The van der Waals surface area contributed by atoms with Crippen molar-refractivity contribution >= 4 is 5.69 Å². The van der Waals surface area contributed by atoms with Crippen molar-refractivity contribution in [3.8, 4) is 34.8 Å². The molecule has 0 bridgehead atoms. The first kappa shape index (κ1) is 16.7. The van der Waals surface area contributed by atoms with Crippen LogP contribution in [0.15, 0.2) is 66.7 Å². The molecule has 3 rings (SSSR count). The molecular formula is C20H11N3O3. The van der Waals surface area contributed by atoms with Gasteiger partial charge in [-0.1, -0.05) is 24.3 Å². The van der Waals surface area contributed by atoms with Crippen LogP contribution in [-0.2, 0) is 0 Å². The number of rotatable bonds is 4. The van der Waals surface area contributed by atoms with Gasteiger partial charge in [-0.2, -0.15) is 10.5 Å². The number of nitro groups is 1. The number of non-ortho nitro benzene ring substituents is 1. The standard InChI is InChI=1S/C20H11N3O3/c21-12-14-1-3-15(4-2-14)16-5-8-19(9-6-16)26-20-10-7-18(23(24)25)11-17(20)13-22/h1-11H. The summed E-state index contributed by atoms with van der Waals surface area (Å²) in [4.78, 5) is 10.2. The molecule has 0 amide bonds. The van der Waals surface area contributed by atoms with Crippen LogP contribution < -0.4 is 4.74 Å². The van der Waals surface area contributed by atoms with E-state index in [1.54, 1.807) is 24.3 Å². The Labute approximate surface area is 149 Å². The molecule has 0 aromatic heterocycles. The van der Waals surface area contributed by atoms with Crippen LogP contribution in [-0.4, -0.2) is 4.92 Å². The first-order valence-corrected chi connectivity index (χ1v) is 7.57. The Balaban J connectivity index is 1.82. The number of hydrogen-bond donors (Lipinski definition) is 0. The van der Waals surface area contributed by atoms with Crippen molar-refractivity contribution in [1.29, 1.82) is 10.5 Å². The van der Waals surface area contributed by atoms with Crippen molar-refractivity contribution in [2.45, 2.75) is 0 Å². The summed E-state index contributed by atoms with van der Waals surface area (Å²) in [5.41, 5.74) is 2.44. The number of nitriles is 2. The largest absolute Gasteiger partial charge is 0.456 e. The molecule has 0 heterocycles. The fourth-order valence-corrected chi connectivity index (χ4v) is 2.39. The van der Waals surface area contributed by atoms with Crippen LogP contribution >= 0.6 is 0 Å². The summed E-state index contributed by atoms with van der Waals surface area (Å²) in [6.45, 7) is 0. The highest BCUT2D eigenvalue weighted by Crippen LogP contribution is 2.30. The Bertz CT molecular complexity index is 1040. The number of hydrogen-bond acceptors (Lipinski definition) is 5. The Morgan fingerprint density at radius 2 is 1.46 bits per heavy atom. The van der Waals surface area contributed by atoms with Crippen molar-refractivity contribution in [3.63, 3.8) is 0 Å². The summed E-state index contributed by atoms with van der Waals surface area (Å²) in [6.07, 6.45) is 0. The zero-order valence-corrected chi connectivity index (χ0v) is 13.4. The van der Waals surface area contributed by atoms with E-state index in [2.05, 4.69) is 6.07 Å². The van der Waals surface area contributed by atoms with Crippen molar-refractivity contribution < 1.29 is 9.66 Å². The fourth-order valence-electron chi connectivity index (χ4n) is 2.39. The summed E-state index contributed by atoms with van der Waals surface area (Å²) in [6, 6.07) is 22.3. The minimum Gasteiger partial charge on any atom is -0.456 e. The normalized spacial score (nSPS) is 9.77. The lowest BCUT2D eigenvalue weighted by molar-refractivity contribution is -0.384. The first-order chi connectivity index (χ1) is 12.6. The SMILES string of the molecule is N#Cc1ccc(-c2ccc(Oc3ccc([N+](=O)[O-])cc3C#N)cc2)cc1. The van der Waals surface area contributed by atoms with Gasteiger partial charge in [0.2, 0.25) is 0 Å². The summed E-state index contributed by atoms with van der Waals surface area (Å²) < 4.78 is 5.67. The average Bonchev–Trinajstić information content (AvgIpc) is 2.69.